The Hall–Kier alpha value is -1.55. The predicted octanol–water partition coefficient (Wildman–Crippen LogP) is 2.79. The average Bonchev–Trinajstić information content (AvgIpc) is 3.03. The Bertz CT molecular complexity index is 558. The summed E-state index contributed by atoms with van der Waals surface area (Å²) in [6.45, 7) is 3.25. The highest BCUT2D eigenvalue weighted by Crippen LogP contribution is 2.34. The lowest BCUT2D eigenvalue weighted by atomic mass is 9.96. The summed E-state index contributed by atoms with van der Waals surface area (Å²) in [5.41, 5.74) is 0.166. The number of hydrogen-bond acceptors (Lipinski definition) is 3. The van der Waals surface area contributed by atoms with Crippen LogP contribution < -0.4 is 10.1 Å². The molecule has 0 radical (unpaired) electrons. The standard InChI is InChI=1S/C18H24N2O2/c21-17-15-7-3-4-8-16(15)22-18(19-17)9-11-20(12-10-18)13-14-5-1-2-6-14/h3-4,7-8,14H,1-2,5-6,9-13H2,(H,19,21). The molecule has 4 rings (SSSR count). The molecule has 1 aromatic carbocycles. The molecule has 0 unspecified atom stereocenters. The molecule has 2 aliphatic heterocycles. The quantitative estimate of drug-likeness (QED) is 0.913. The van der Waals surface area contributed by atoms with Gasteiger partial charge in [-0.2, -0.15) is 0 Å². The lowest BCUT2D eigenvalue weighted by molar-refractivity contribution is -0.0311. The number of piperidine rings is 1. The average molecular weight is 300 g/mol. The zero-order valence-corrected chi connectivity index (χ0v) is 13.0. The zero-order chi connectivity index (χ0) is 15.0. The first-order valence-corrected chi connectivity index (χ1v) is 8.57. The van der Waals surface area contributed by atoms with Crippen LogP contribution in [0.2, 0.25) is 0 Å². The molecule has 2 fully saturated rings. The Labute approximate surface area is 131 Å². The van der Waals surface area contributed by atoms with Crippen molar-refractivity contribution in [3.05, 3.63) is 29.8 Å². The number of carbonyl (C=O) groups is 1. The number of likely N-dealkylation sites (tertiary alicyclic amines) is 1. The zero-order valence-electron chi connectivity index (χ0n) is 13.0. The minimum Gasteiger partial charge on any atom is -0.467 e. The van der Waals surface area contributed by atoms with Crippen molar-refractivity contribution in [3.8, 4) is 5.75 Å². The van der Waals surface area contributed by atoms with Gasteiger partial charge in [-0.05, 0) is 30.9 Å². The summed E-state index contributed by atoms with van der Waals surface area (Å²) in [6.07, 6.45) is 7.33. The number of fused-ring (bicyclic) bond motifs is 1. The van der Waals surface area contributed by atoms with Crippen molar-refractivity contribution in [1.29, 1.82) is 0 Å². The van der Waals surface area contributed by atoms with E-state index < -0.39 is 5.72 Å². The van der Waals surface area contributed by atoms with Crippen LogP contribution in [0.1, 0.15) is 48.9 Å². The van der Waals surface area contributed by atoms with E-state index in [4.69, 9.17) is 4.74 Å². The van der Waals surface area contributed by atoms with Crippen molar-refractivity contribution in [1.82, 2.24) is 10.2 Å². The Kier molecular flexibility index (Phi) is 3.57. The van der Waals surface area contributed by atoms with Gasteiger partial charge in [0.05, 0.1) is 5.56 Å². The number of ether oxygens (including phenoxy) is 1. The lowest BCUT2D eigenvalue weighted by Crippen LogP contribution is -2.61. The third-order valence-electron chi connectivity index (χ3n) is 5.43. The van der Waals surface area contributed by atoms with Crippen LogP contribution in [-0.2, 0) is 0 Å². The maximum absolute atomic E-state index is 12.3. The van der Waals surface area contributed by atoms with Crippen molar-refractivity contribution in [3.63, 3.8) is 0 Å². The first kappa shape index (κ1) is 14.1. The van der Waals surface area contributed by atoms with Crippen molar-refractivity contribution in [2.45, 2.75) is 44.2 Å². The van der Waals surface area contributed by atoms with E-state index in [0.29, 0.717) is 5.56 Å². The molecule has 22 heavy (non-hydrogen) atoms. The molecule has 1 saturated carbocycles. The normalized spacial score (nSPS) is 24.8. The van der Waals surface area contributed by atoms with E-state index in [1.54, 1.807) is 0 Å². The highest BCUT2D eigenvalue weighted by molar-refractivity contribution is 5.98. The fraction of sp³-hybridized carbons (Fsp3) is 0.611. The van der Waals surface area contributed by atoms with E-state index in [2.05, 4.69) is 10.2 Å². The van der Waals surface area contributed by atoms with Gasteiger partial charge in [0.15, 0.2) is 5.72 Å². The second kappa shape index (κ2) is 5.58. The second-order valence-electron chi connectivity index (χ2n) is 7.00. The van der Waals surface area contributed by atoms with Gasteiger partial charge in [0.2, 0.25) is 0 Å². The maximum Gasteiger partial charge on any atom is 0.258 e. The fourth-order valence-corrected chi connectivity index (χ4v) is 4.14. The van der Waals surface area contributed by atoms with Crippen LogP contribution in [0.4, 0.5) is 0 Å². The summed E-state index contributed by atoms with van der Waals surface area (Å²) in [7, 11) is 0. The molecule has 0 bridgehead atoms. The van der Waals surface area contributed by atoms with Crippen molar-refractivity contribution in [2.75, 3.05) is 19.6 Å². The third-order valence-corrected chi connectivity index (χ3v) is 5.43. The van der Waals surface area contributed by atoms with Crippen LogP contribution in [0.15, 0.2) is 24.3 Å². The number of nitrogens with one attached hydrogen (secondary N) is 1. The van der Waals surface area contributed by atoms with Gasteiger partial charge >= 0.3 is 0 Å². The first-order chi connectivity index (χ1) is 10.7. The second-order valence-corrected chi connectivity index (χ2v) is 7.00. The molecule has 1 spiro atoms. The topological polar surface area (TPSA) is 41.6 Å². The van der Waals surface area contributed by atoms with Crippen molar-refractivity contribution in [2.24, 2.45) is 5.92 Å². The Morgan fingerprint density at radius 1 is 1.18 bits per heavy atom. The molecule has 0 aromatic heterocycles. The van der Waals surface area contributed by atoms with E-state index in [1.165, 1.54) is 32.2 Å². The summed E-state index contributed by atoms with van der Waals surface area (Å²) < 4.78 is 6.19. The van der Waals surface area contributed by atoms with Gasteiger partial charge in [-0.15, -0.1) is 0 Å². The Morgan fingerprint density at radius 3 is 2.68 bits per heavy atom. The maximum atomic E-state index is 12.3. The van der Waals surface area contributed by atoms with Gasteiger partial charge in [-0.25, -0.2) is 0 Å². The van der Waals surface area contributed by atoms with Gasteiger partial charge < -0.3 is 15.0 Å². The molecule has 118 valence electrons. The summed E-state index contributed by atoms with van der Waals surface area (Å²) in [4.78, 5) is 14.9. The number of amides is 1. The molecule has 1 aromatic rings. The number of benzene rings is 1. The van der Waals surface area contributed by atoms with Gasteiger partial charge in [0.25, 0.3) is 5.91 Å². The third kappa shape index (κ3) is 2.60. The largest absolute Gasteiger partial charge is 0.467 e. The van der Waals surface area contributed by atoms with Crippen LogP contribution >= 0.6 is 0 Å². The molecule has 0 atom stereocenters. The van der Waals surface area contributed by atoms with Crippen LogP contribution in [0.25, 0.3) is 0 Å². The van der Waals surface area contributed by atoms with Gasteiger partial charge in [-0.3, -0.25) is 4.79 Å². The molecular weight excluding hydrogens is 276 g/mol. The fourth-order valence-electron chi connectivity index (χ4n) is 4.14. The van der Waals surface area contributed by atoms with E-state index in [-0.39, 0.29) is 5.91 Å². The minimum absolute atomic E-state index is 0.00564. The summed E-state index contributed by atoms with van der Waals surface area (Å²) >= 11 is 0. The van der Waals surface area contributed by atoms with Crippen molar-refractivity contribution >= 4 is 5.91 Å². The van der Waals surface area contributed by atoms with E-state index in [9.17, 15) is 4.79 Å². The number of rotatable bonds is 2. The number of nitrogens with zero attached hydrogens (tertiary/aromatic N) is 1. The monoisotopic (exact) mass is 300 g/mol. The highest BCUT2D eigenvalue weighted by Gasteiger charge is 2.42. The predicted molar refractivity (Wildman–Crippen MR) is 84.9 cm³/mol. The SMILES string of the molecule is O=C1NC2(CCN(CC3CCCC3)CC2)Oc2ccccc21. The lowest BCUT2D eigenvalue weighted by Gasteiger charge is -2.45. The van der Waals surface area contributed by atoms with Gasteiger partial charge in [-0.1, -0.05) is 25.0 Å². The van der Waals surface area contributed by atoms with E-state index in [0.717, 1.165) is 37.6 Å². The molecule has 1 amide bonds. The Balaban J connectivity index is 1.41. The number of carbonyl (C=O) groups excluding carboxylic acids is 1. The minimum atomic E-state index is -0.488. The van der Waals surface area contributed by atoms with E-state index >= 15 is 0 Å². The molecule has 2 heterocycles. The molecule has 4 nitrogen and oxygen atoms in total. The summed E-state index contributed by atoms with van der Waals surface area (Å²) in [6, 6.07) is 7.54. The molecule has 1 saturated heterocycles. The molecule has 1 aliphatic carbocycles. The highest BCUT2D eigenvalue weighted by atomic mass is 16.5. The summed E-state index contributed by atoms with van der Waals surface area (Å²) in [5.74, 6) is 1.62. The first-order valence-electron chi connectivity index (χ1n) is 8.57. The number of hydrogen-bond donors (Lipinski definition) is 1. The van der Waals surface area contributed by atoms with Crippen LogP contribution in [-0.4, -0.2) is 36.2 Å². The van der Waals surface area contributed by atoms with E-state index in [1.807, 2.05) is 24.3 Å². The van der Waals surface area contributed by atoms with Gasteiger partial charge in [0, 0.05) is 32.5 Å². The smallest absolute Gasteiger partial charge is 0.258 e. The van der Waals surface area contributed by atoms with Gasteiger partial charge in [0.1, 0.15) is 5.75 Å². The number of para-hydroxylation sites is 1. The molecule has 4 heteroatoms. The van der Waals surface area contributed by atoms with Crippen LogP contribution in [0.3, 0.4) is 0 Å². The molecule has 3 aliphatic rings. The van der Waals surface area contributed by atoms with Crippen LogP contribution in [0, 0.1) is 5.92 Å². The van der Waals surface area contributed by atoms with Crippen molar-refractivity contribution < 1.29 is 9.53 Å². The molecule has 1 N–H and O–H groups in total. The Morgan fingerprint density at radius 2 is 1.91 bits per heavy atom. The summed E-state index contributed by atoms with van der Waals surface area (Å²) in [5, 5.41) is 3.11. The molecular formula is C18H24N2O2. The van der Waals surface area contributed by atoms with Crippen LogP contribution in [0.5, 0.6) is 5.75 Å².